The molecule has 78 valence electrons. The first kappa shape index (κ1) is 11.5. The third-order valence-electron chi connectivity index (χ3n) is 3.37. The van der Waals surface area contributed by atoms with Gasteiger partial charge in [-0.1, -0.05) is 36.7 Å². The van der Waals surface area contributed by atoms with Gasteiger partial charge in [0.2, 0.25) is 0 Å². The first-order valence-electron chi connectivity index (χ1n) is 5.11. The van der Waals surface area contributed by atoms with Gasteiger partial charge >= 0.3 is 0 Å². The summed E-state index contributed by atoms with van der Waals surface area (Å²) in [5.41, 5.74) is 0.335. The van der Waals surface area contributed by atoms with Gasteiger partial charge < -0.3 is 4.74 Å². The summed E-state index contributed by atoms with van der Waals surface area (Å²) in [6, 6.07) is 0. The van der Waals surface area contributed by atoms with Crippen LogP contribution in [-0.4, -0.2) is 16.5 Å². The number of alkyl halides is 1. The molecule has 1 aliphatic rings. The van der Waals surface area contributed by atoms with Crippen LogP contribution in [0.5, 0.6) is 0 Å². The number of hydrogen-bond donors (Lipinski definition) is 0. The van der Waals surface area contributed by atoms with Crippen molar-refractivity contribution in [2.24, 2.45) is 5.41 Å². The molecular weight excluding hydrogens is 228 g/mol. The van der Waals surface area contributed by atoms with E-state index in [1.807, 2.05) is 0 Å². The maximum atomic E-state index is 6.08. The van der Waals surface area contributed by atoms with Gasteiger partial charge in [0.15, 0.2) is 0 Å². The van der Waals surface area contributed by atoms with Crippen LogP contribution in [0.25, 0.3) is 0 Å². The fourth-order valence-electron chi connectivity index (χ4n) is 1.51. The first-order valence-corrected chi connectivity index (χ1v) is 6.03. The molecule has 0 aromatic carbocycles. The molecule has 0 amide bonds. The largest absolute Gasteiger partial charge is 0.372 e. The van der Waals surface area contributed by atoms with Gasteiger partial charge in [-0.2, -0.15) is 0 Å². The van der Waals surface area contributed by atoms with Gasteiger partial charge in [0.25, 0.3) is 0 Å². The summed E-state index contributed by atoms with van der Waals surface area (Å²) in [6.07, 6.45) is 2.65. The number of rotatable bonds is 3. The lowest BCUT2D eigenvalue weighted by Crippen LogP contribution is -2.54. The average molecular weight is 249 g/mol. The van der Waals surface area contributed by atoms with Crippen LogP contribution >= 0.6 is 15.9 Å². The van der Waals surface area contributed by atoms with E-state index >= 15 is 0 Å². The van der Waals surface area contributed by atoms with Crippen molar-refractivity contribution in [3.63, 3.8) is 0 Å². The molecular formula is C11H21BrO. The Morgan fingerprint density at radius 3 is 2.31 bits per heavy atom. The molecule has 0 radical (unpaired) electrons. The van der Waals surface area contributed by atoms with Crippen molar-refractivity contribution in [1.82, 2.24) is 0 Å². The third-order valence-corrected chi connectivity index (χ3v) is 4.92. The number of ether oxygens (including phenoxy) is 1. The van der Waals surface area contributed by atoms with E-state index < -0.39 is 0 Å². The molecule has 0 aliphatic heterocycles. The predicted molar refractivity (Wildman–Crippen MR) is 60.4 cm³/mol. The average Bonchev–Trinajstić information content (AvgIpc) is 2.04. The van der Waals surface area contributed by atoms with Crippen molar-refractivity contribution < 1.29 is 4.74 Å². The van der Waals surface area contributed by atoms with Gasteiger partial charge in [-0.05, 0) is 26.7 Å². The van der Waals surface area contributed by atoms with E-state index in [1.54, 1.807) is 0 Å². The lowest BCUT2D eigenvalue weighted by atomic mass is 9.69. The lowest BCUT2D eigenvalue weighted by molar-refractivity contribution is -0.159. The Morgan fingerprint density at radius 1 is 1.46 bits per heavy atom. The van der Waals surface area contributed by atoms with Crippen LogP contribution in [0.1, 0.15) is 47.5 Å². The van der Waals surface area contributed by atoms with Crippen LogP contribution in [0, 0.1) is 5.41 Å². The van der Waals surface area contributed by atoms with Crippen molar-refractivity contribution >= 4 is 15.9 Å². The summed E-state index contributed by atoms with van der Waals surface area (Å²) in [7, 11) is 0. The maximum absolute atomic E-state index is 6.08. The Kier molecular flexibility index (Phi) is 3.14. The highest BCUT2D eigenvalue weighted by Crippen LogP contribution is 2.48. The minimum atomic E-state index is 0.0368. The molecule has 0 spiro atoms. The molecule has 0 heterocycles. The summed E-state index contributed by atoms with van der Waals surface area (Å²) in [5.74, 6) is 0. The molecule has 1 nitrogen and oxygen atoms in total. The summed E-state index contributed by atoms with van der Waals surface area (Å²) in [5, 5.41) is 0. The Balaban J connectivity index is 2.49. The smallest absolute Gasteiger partial charge is 0.0654 e. The predicted octanol–water partition coefficient (Wildman–Crippen LogP) is 3.75. The quantitative estimate of drug-likeness (QED) is 0.692. The van der Waals surface area contributed by atoms with Gasteiger partial charge in [-0.15, -0.1) is 0 Å². The van der Waals surface area contributed by atoms with Gasteiger partial charge in [0.05, 0.1) is 11.7 Å². The Hall–Kier alpha value is 0.440. The topological polar surface area (TPSA) is 9.23 Å². The zero-order chi connectivity index (χ0) is 10.3. The third kappa shape index (κ3) is 2.27. The second kappa shape index (κ2) is 3.54. The highest BCUT2D eigenvalue weighted by Gasteiger charge is 2.49. The van der Waals surface area contributed by atoms with Gasteiger partial charge in [0.1, 0.15) is 0 Å². The summed E-state index contributed by atoms with van der Waals surface area (Å²) < 4.78 is 6.08. The van der Waals surface area contributed by atoms with Crippen LogP contribution in [0.4, 0.5) is 0 Å². The minimum absolute atomic E-state index is 0.0368. The molecule has 1 aliphatic carbocycles. The lowest BCUT2D eigenvalue weighted by Gasteiger charge is -2.51. The first-order chi connectivity index (χ1) is 5.79. The monoisotopic (exact) mass is 248 g/mol. The Morgan fingerprint density at radius 2 is 2.00 bits per heavy atom. The van der Waals surface area contributed by atoms with Crippen molar-refractivity contribution in [3.05, 3.63) is 0 Å². The molecule has 2 unspecified atom stereocenters. The molecule has 2 atom stereocenters. The van der Waals surface area contributed by atoms with E-state index in [1.165, 1.54) is 0 Å². The highest BCUT2D eigenvalue weighted by molar-refractivity contribution is 9.09. The van der Waals surface area contributed by atoms with Crippen molar-refractivity contribution in [2.75, 3.05) is 0 Å². The van der Waals surface area contributed by atoms with E-state index in [0.29, 0.717) is 16.3 Å². The molecule has 0 saturated heterocycles. The van der Waals surface area contributed by atoms with Gasteiger partial charge in [-0.25, -0.2) is 0 Å². The van der Waals surface area contributed by atoms with E-state index in [9.17, 15) is 0 Å². The van der Waals surface area contributed by atoms with Crippen molar-refractivity contribution in [1.29, 1.82) is 0 Å². The molecule has 0 bridgehead atoms. The molecule has 1 fully saturated rings. The Bertz CT molecular complexity index is 187. The molecule has 2 heteroatoms. The second-order valence-corrected chi connectivity index (χ2v) is 6.35. The zero-order valence-electron chi connectivity index (χ0n) is 9.36. The number of halogens is 1. The van der Waals surface area contributed by atoms with E-state index in [4.69, 9.17) is 4.74 Å². The van der Waals surface area contributed by atoms with Crippen LogP contribution in [0.3, 0.4) is 0 Å². The van der Waals surface area contributed by atoms with Crippen molar-refractivity contribution in [3.8, 4) is 0 Å². The summed E-state index contributed by atoms with van der Waals surface area (Å²) in [4.78, 5) is 0.623. The number of hydrogen-bond acceptors (Lipinski definition) is 1. The molecule has 0 N–H and O–H groups in total. The van der Waals surface area contributed by atoms with Crippen LogP contribution in [0.15, 0.2) is 0 Å². The second-order valence-electron chi connectivity index (χ2n) is 5.24. The fraction of sp³-hybridized carbons (Fsp3) is 1.00. The summed E-state index contributed by atoms with van der Waals surface area (Å²) in [6.45, 7) is 11.1. The van der Waals surface area contributed by atoms with Crippen molar-refractivity contribution in [2.45, 2.75) is 64.0 Å². The van der Waals surface area contributed by atoms with E-state index in [0.717, 1.165) is 12.8 Å². The standard InChI is InChI=1S/C11H21BrO/c1-6-10(2,3)13-9-7-8(12)11(9,4)5/h8-9H,6-7H2,1-5H3. The van der Waals surface area contributed by atoms with Crippen LogP contribution in [-0.2, 0) is 4.74 Å². The molecule has 0 aromatic heterocycles. The molecule has 1 rings (SSSR count). The van der Waals surface area contributed by atoms with Gasteiger partial charge in [0, 0.05) is 10.2 Å². The maximum Gasteiger partial charge on any atom is 0.0654 e. The summed E-state index contributed by atoms with van der Waals surface area (Å²) >= 11 is 3.67. The minimum Gasteiger partial charge on any atom is -0.372 e. The van der Waals surface area contributed by atoms with Crippen LogP contribution in [0.2, 0.25) is 0 Å². The Labute approximate surface area is 90.4 Å². The molecule has 13 heavy (non-hydrogen) atoms. The normalized spacial score (nSPS) is 32.8. The fourth-order valence-corrected chi connectivity index (χ4v) is 2.14. The molecule has 1 saturated carbocycles. The SMILES string of the molecule is CCC(C)(C)OC1CC(Br)C1(C)C. The highest BCUT2D eigenvalue weighted by atomic mass is 79.9. The van der Waals surface area contributed by atoms with E-state index in [-0.39, 0.29) is 5.60 Å². The van der Waals surface area contributed by atoms with Gasteiger partial charge in [-0.3, -0.25) is 0 Å². The molecule has 0 aromatic rings. The van der Waals surface area contributed by atoms with Crippen LogP contribution < -0.4 is 0 Å². The zero-order valence-corrected chi connectivity index (χ0v) is 10.9. The van der Waals surface area contributed by atoms with E-state index in [2.05, 4.69) is 50.5 Å².